The highest BCUT2D eigenvalue weighted by Gasteiger charge is 2.28. The number of carbonyl (C=O) groups is 2. The Hall–Kier alpha value is -3.71. The van der Waals surface area contributed by atoms with Gasteiger partial charge in [0.25, 0.3) is 11.5 Å². The predicted octanol–water partition coefficient (Wildman–Crippen LogP) is 4.05. The number of rotatable bonds is 6. The lowest BCUT2D eigenvalue weighted by Crippen LogP contribution is -2.44. The van der Waals surface area contributed by atoms with Crippen LogP contribution in [0, 0.1) is 6.92 Å². The van der Waals surface area contributed by atoms with E-state index < -0.39 is 23.5 Å². The molecule has 34 heavy (non-hydrogen) atoms. The maximum absolute atomic E-state index is 13.2. The summed E-state index contributed by atoms with van der Waals surface area (Å²) >= 11 is 0. The fraction of sp³-hybridized carbons (Fsp3) is 0.296. The minimum absolute atomic E-state index is 0.0356. The highest BCUT2D eigenvalue weighted by Crippen LogP contribution is 2.28. The van der Waals surface area contributed by atoms with E-state index >= 15 is 0 Å². The number of hydrogen-bond donors (Lipinski definition) is 2. The van der Waals surface area contributed by atoms with Crippen molar-refractivity contribution in [2.24, 2.45) is 7.05 Å². The first kappa shape index (κ1) is 23.4. The number of aliphatic carboxylic acids is 1. The second-order valence-corrected chi connectivity index (χ2v) is 8.80. The maximum atomic E-state index is 13.2. The smallest absolute Gasteiger partial charge is 0.320 e. The minimum atomic E-state index is -0.837. The Bertz CT molecular complexity index is 1270. The standard InChI is InChI=1S/C27H29N3O4/c1-18-21(20-9-4-3-5-10-20)11-8-12-23(18)28-25(31)22-15-19(16-29(2)26(22)32)17-30-14-7-6-13-24(30)27(33)34/h3-5,8-12,15-16,24H,6-7,13-14,17H2,1-2H3,(H,28,31)(H,33,34). The number of carbonyl (C=O) groups excluding carboxylic acids is 1. The molecule has 1 aromatic heterocycles. The zero-order valence-corrected chi connectivity index (χ0v) is 19.5. The van der Waals surface area contributed by atoms with Crippen LogP contribution in [0.4, 0.5) is 5.69 Å². The van der Waals surface area contributed by atoms with Crippen molar-refractivity contribution in [1.29, 1.82) is 0 Å². The molecule has 4 rings (SSSR count). The summed E-state index contributed by atoms with van der Waals surface area (Å²) in [5, 5.41) is 12.5. The van der Waals surface area contributed by atoms with Crippen LogP contribution in [0.1, 0.15) is 40.7 Å². The van der Waals surface area contributed by atoms with E-state index in [-0.39, 0.29) is 5.56 Å². The molecular formula is C27H29N3O4. The van der Waals surface area contributed by atoms with Crippen molar-refractivity contribution in [3.63, 3.8) is 0 Å². The number of likely N-dealkylation sites (tertiary alicyclic amines) is 1. The van der Waals surface area contributed by atoms with Crippen LogP contribution in [0.25, 0.3) is 11.1 Å². The number of carboxylic acids is 1. The van der Waals surface area contributed by atoms with Gasteiger partial charge in [0.2, 0.25) is 0 Å². The molecule has 1 atom stereocenters. The molecule has 1 amide bonds. The van der Waals surface area contributed by atoms with Gasteiger partial charge in [-0.2, -0.15) is 0 Å². The third kappa shape index (κ3) is 4.94. The van der Waals surface area contributed by atoms with Crippen LogP contribution < -0.4 is 10.9 Å². The van der Waals surface area contributed by atoms with Gasteiger partial charge in [0, 0.05) is 25.5 Å². The number of amides is 1. The first-order valence-corrected chi connectivity index (χ1v) is 11.5. The Kier molecular flexibility index (Phi) is 6.93. The number of aromatic nitrogens is 1. The third-order valence-corrected chi connectivity index (χ3v) is 6.44. The van der Waals surface area contributed by atoms with E-state index in [2.05, 4.69) is 5.32 Å². The van der Waals surface area contributed by atoms with E-state index in [1.807, 2.05) is 60.4 Å². The number of nitrogens with zero attached hydrogens (tertiary/aromatic N) is 2. The number of hydrogen-bond acceptors (Lipinski definition) is 4. The van der Waals surface area contributed by atoms with Gasteiger partial charge in [-0.25, -0.2) is 0 Å². The lowest BCUT2D eigenvalue weighted by molar-refractivity contribution is -0.144. The summed E-state index contributed by atoms with van der Waals surface area (Å²) in [6, 6.07) is 16.6. The zero-order chi connectivity index (χ0) is 24.2. The van der Waals surface area contributed by atoms with Gasteiger partial charge in [-0.1, -0.05) is 48.9 Å². The van der Waals surface area contributed by atoms with Gasteiger partial charge in [0.1, 0.15) is 11.6 Å². The first-order valence-electron chi connectivity index (χ1n) is 11.5. The largest absolute Gasteiger partial charge is 0.480 e. The van der Waals surface area contributed by atoms with E-state index in [9.17, 15) is 19.5 Å². The molecule has 0 bridgehead atoms. The van der Waals surface area contributed by atoms with Gasteiger partial charge in [-0.05, 0) is 60.7 Å². The molecule has 7 nitrogen and oxygen atoms in total. The van der Waals surface area contributed by atoms with Crippen molar-refractivity contribution in [3.05, 3.63) is 87.8 Å². The number of aryl methyl sites for hydroxylation is 1. The summed E-state index contributed by atoms with van der Waals surface area (Å²) in [7, 11) is 1.61. The minimum Gasteiger partial charge on any atom is -0.480 e. The molecule has 1 aliphatic rings. The first-order chi connectivity index (χ1) is 16.3. The number of carboxylic acid groups (broad SMARTS) is 1. The van der Waals surface area contributed by atoms with Gasteiger partial charge < -0.3 is 15.0 Å². The van der Waals surface area contributed by atoms with E-state index in [0.717, 1.165) is 35.1 Å². The lowest BCUT2D eigenvalue weighted by Gasteiger charge is -2.32. The van der Waals surface area contributed by atoms with Crippen LogP contribution in [0.15, 0.2) is 65.6 Å². The average Bonchev–Trinajstić information content (AvgIpc) is 2.83. The van der Waals surface area contributed by atoms with E-state index in [1.54, 1.807) is 19.3 Å². The monoisotopic (exact) mass is 459 g/mol. The molecule has 2 heterocycles. The third-order valence-electron chi connectivity index (χ3n) is 6.44. The van der Waals surface area contributed by atoms with Crippen molar-refractivity contribution < 1.29 is 14.7 Å². The van der Waals surface area contributed by atoms with Gasteiger partial charge in [0.15, 0.2) is 0 Å². The van der Waals surface area contributed by atoms with Gasteiger partial charge in [-0.15, -0.1) is 0 Å². The normalized spacial score (nSPS) is 16.2. The molecule has 2 N–H and O–H groups in total. The van der Waals surface area contributed by atoms with Crippen molar-refractivity contribution in [1.82, 2.24) is 9.47 Å². The quantitative estimate of drug-likeness (QED) is 0.580. The van der Waals surface area contributed by atoms with Crippen LogP contribution >= 0.6 is 0 Å². The summed E-state index contributed by atoms with van der Waals surface area (Å²) < 4.78 is 1.39. The zero-order valence-electron chi connectivity index (χ0n) is 19.5. The van der Waals surface area contributed by atoms with Gasteiger partial charge in [-0.3, -0.25) is 19.3 Å². The topological polar surface area (TPSA) is 91.6 Å². The molecule has 0 saturated carbocycles. The van der Waals surface area contributed by atoms with Crippen LogP contribution in [-0.2, 0) is 18.4 Å². The Morgan fingerprint density at radius 1 is 1.09 bits per heavy atom. The van der Waals surface area contributed by atoms with Crippen LogP contribution in [-0.4, -0.2) is 39.0 Å². The van der Waals surface area contributed by atoms with E-state index in [1.165, 1.54) is 4.57 Å². The van der Waals surface area contributed by atoms with Crippen molar-refractivity contribution in [2.75, 3.05) is 11.9 Å². The predicted molar refractivity (Wildman–Crippen MR) is 132 cm³/mol. The second-order valence-electron chi connectivity index (χ2n) is 8.80. The average molecular weight is 460 g/mol. The SMILES string of the molecule is Cc1c(NC(=O)c2cc(CN3CCCCC3C(=O)O)cn(C)c2=O)cccc1-c1ccccc1. The summed E-state index contributed by atoms with van der Waals surface area (Å²) in [5.74, 6) is -1.32. The van der Waals surface area contributed by atoms with Crippen molar-refractivity contribution in [2.45, 2.75) is 38.8 Å². The molecule has 1 unspecified atom stereocenters. The van der Waals surface area contributed by atoms with Gasteiger partial charge >= 0.3 is 5.97 Å². The Morgan fingerprint density at radius 2 is 1.85 bits per heavy atom. The summed E-state index contributed by atoms with van der Waals surface area (Å²) in [5.41, 5.74) is 3.97. The van der Waals surface area contributed by atoms with Crippen LogP contribution in [0.5, 0.6) is 0 Å². The number of anilines is 1. The number of benzene rings is 2. The highest BCUT2D eigenvalue weighted by atomic mass is 16.4. The van der Waals surface area contributed by atoms with Gasteiger partial charge in [0.05, 0.1) is 0 Å². The number of pyridine rings is 1. The second kappa shape index (κ2) is 10.1. The Balaban J connectivity index is 1.60. The molecule has 2 aromatic carbocycles. The maximum Gasteiger partial charge on any atom is 0.320 e. The molecule has 3 aromatic rings. The Labute approximate surface area is 198 Å². The molecule has 176 valence electrons. The lowest BCUT2D eigenvalue weighted by atomic mass is 9.99. The number of piperidine rings is 1. The number of nitrogens with one attached hydrogen (secondary N) is 1. The van der Waals surface area contributed by atoms with Crippen molar-refractivity contribution >= 4 is 17.6 Å². The fourth-order valence-corrected chi connectivity index (χ4v) is 4.62. The molecule has 1 saturated heterocycles. The summed E-state index contributed by atoms with van der Waals surface area (Å²) in [4.78, 5) is 39.5. The molecule has 7 heteroatoms. The van der Waals surface area contributed by atoms with Crippen LogP contribution in [0.3, 0.4) is 0 Å². The van der Waals surface area contributed by atoms with Crippen LogP contribution in [0.2, 0.25) is 0 Å². The van der Waals surface area contributed by atoms with E-state index in [4.69, 9.17) is 0 Å². The fourth-order valence-electron chi connectivity index (χ4n) is 4.62. The summed E-state index contributed by atoms with van der Waals surface area (Å²) in [6.07, 6.45) is 4.09. The molecule has 1 fully saturated rings. The molecule has 0 aliphatic carbocycles. The molecule has 1 aliphatic heterocycles. The molecule has 0 spiro atoms. The van der Waals surface area contributed by atoms with Crippen molar-refractivity contribution in [3.8, 4) is 11.1 Å². The summed E-state index contributed by atoms with van der Waals surface area (Å²) in [6.45, 7) is 2.98. The van der Waals surface area contributed by atoms with E-state index in [0.29, 0.717) is 25.2 Å². The highest BCUT2D eigenvalue weighted by molar-refractivity contribution is 6.05. The Morgan fingerprint density at radius 3 is 2.59 bits per heavy atom. The molecular weight excluding hydrogens is 430 g/mol. The molecule has 0 radical (unpaired) electrons.